The topological polar surface area (TPSA) is 126 Å². The number of methoxy groups -OCH3 is 1. The highest BCUT2D eigenvalue weighted by Gasteiger charge is 2.35. The number of carbonyl (C=O) groups is 4. The van der Waals surface area contributed by atoms with Crippen molar-refractivity contribution >= 4 is 23.6 Å². The van der Waals surface area contributed by atoms with Crippen molar-refractivity contribution in [3.63, 3.8) is 0 Å². The van der Waals surface area contributed by atoms with Gasteiger partial charge in [0.25, 0.3) is 0 Å². The van der Waals surface area contributed by atoms with E-state index in [4.69, 9.17) is 14.7 Å². The molecule has 0 bridgehead atoms. The van der Waals surface area contributed by atoms with Gasteiger partial charge < -0.3 is 24.0 Å². The maximum absolute atomic E-state index is 12.2. The third-order valence-corrected chi connectivity index (χ3v) is 5.36. The number of hydrogen-bond donors (Lipinski definition) is 0. The van der Waals surface area contributed by atoms with Gasteiger partial charge in [0.1, 0.15) is 6.04 Å². The lowest BCUT2D eigenvalue weighted by Crippen LogP contribution is -2.53. The van der Waals surface area contributed by atoms with Crippen LogP contribution in [0.4, 0.5) is 0 Å². The van der Waals surface area contributed by atoms with Crippen LogP contribution in [0.25, 0.3) is 0 Å². The van der Waals surface area contributed by atoms with Gasteiger partial charge in [0, 0.05) is 25.9 Å². The quantitative estimate of drug-likeness (QED) is 0.530. The van der Waals surface area contributed by atoms with E-state index in [1.807, 2.05) is 47.6 Å². The molecule has 2 amide bonds. The fraction of sp³-hybridized carbons (Fsp3) is 0.800. The molecule has 35 heavy (non-hydrogen) atoms. The summed E-state index contributed by atoms with van der Waals surface area (Å²) in [5.41, 5.74) is -0.200. The van der Waals surface area contributed by atoms with E-state index < -0.39 is 18.1 Å². The van der Waals surface area contributed by atoms with Crippen LogP contribution in [0, 0.1) is 22.2 Å². The second-order valence-electron chi connectivity index (χ2n) is 11.2. The molecule has 2 aliphatic rings. The molecule has 2 rings (SSSR count). The molecular formula is C25H41N3O7. The first kappa shape index (κ1) is 30.5. The molecular weight excluding hydrogens is 454 g/mol. The van der Waals surface area contributed by atoms with Crippen LogP contribution in [0.15, 0.2) is 0 Å². The largest absolute Gasteiger partial charge is 0.467 e. The van der Waals surface area contributed by atoms with Gasteiger partial charge in [-0.25, -0.2) is 4.79 Å². The Morgan fingerprint density at radius 1 is 0.857 bits per heavy atom. The predicted octanol–water partition coefficient (Wildman–Crippen LogP) is 1.96. The van der Waals surface area contributed by atoms with Crippen molar-refractivity contribution in [3.8, 4) is 6.07 Å². The molecule has 0 unspecified atom stereocenters. The Kier molecular flexibility index (Phi) is 11.8. The van der Waals surface area contributed by atoms with Crippen molar-refractivity contribution in [2.24, 2.45) is 10.8 Å². The number of esters is 1. The molecule has 10 heteroatoms. The first-order chi connectivity index (χ1) is 16.2. The van der Waals surface area contributed by atoms with E-state index in [1.165, 1.54) is 7.11 Å². The molecule has 2 heterocycles. The number of rotatable bonds is 5. The average molecular weight is 496 g/mol. The van der Waals surface area contributed by atoms with E-state index in [0.717, 1.165) is 0 Å². The number of nitrogens with zero attached hydrogens (tertiary/aromatic N) is 3. The molecule has 0 aromatic rings. The van der Waals surface area contributed by atoms with Gasteiger partial charge in [-0.15, -0.1) is 0 Å². The molecule has 0 aliphatic carbocycles. The zero-order valence-electron chi connectivity index (χ0n) is 22.2. The van der Waals surface area contributed by atoms with Crippen molar-refractivity contribution < 1.29 is 33.4 Å². The normalized spacial score (nSPS) is 20.7. The lowest BCUT2D eigenvalue weighted by atomic mass is 9.91. The third-order valence-electron chi connectivity index (χ3n) is 5.36. The molecule has 0 aromatic carbocycles. The summed E-state index contributed by atoms with van der Waals surface area (Å²) >= 11 is 0. The van der Waals surface area contributed by atoms with Gasteiger partial charge in [-0.3, -0.25) is 14.4 Å². The number of ether oxygens (including phenoxy) is 3. The number of amides is 2. The van der Waals surface area contributed by atoms with E-state index in [9.17, 15) is 19.2 Å². The Morgan fingerprint density at radius 3 is 1.69 bits per heavy atom. The summed E-state index contributed by atoms with van der Waals surface area (Å²) in [4.78, 5) is 50.7. The van der Waals surface area contributed by atoms with Crippen molar-refractivity contribution in [1.82, 2.24) is 9.80 Å². The molecule has 0 N–H and O–H groups in total. The summed E-state index contributed by atoms with van der Waals surface area (Å²) in [7, 11) is 1.32. The van der Waals surface area contributed by atoms with E-state index in [0.29, 0.717) is 39.1 Å². The van der Waals surface area contributed by atoms with Crippen LogP contribution in [-0.2, 0) is 33.4 Å². The first-order valence-electron chi connectivity index (χ1n) is 11.9. The summed E-state index contributed by atoms with van der Waals surface area (Å²) in [6.45, 7) is 14.2. The van der Waals surface area contributed by atoms with Crippen LogP contribution in [0.5, 0.6) is 0 Å². The summed E-state index contributed by atoms with van der Waals surface area (Å²) in [5, 5.41) is 8.56. The minimum absolute atomic E-state index is 0.0174. The van der Waals surface area contributed by atoms with Gasteiger partial charge in [-0.05, 0) is 10.8 Å². The van der Waals surface area contributed by atoms with E-state index in [-0.39, 0.29) is 48.1 Å². The van der Waals surface area contributed by atoms with Gasteiger partial charge in [-0.1, -0.05) is 41.5 Å². The second-order valence-corrected chi connectivity index (χ2v) is 11.2. The lowest BCUT2D eigenvalue weighted by Gasteiger charge is -2.35. The van der Waals surface area contributed by atoms with Crippen LogP contribution < -0.4 is 0 Å². The number of carbonyl (C=O) groups excluding carboxylic acids is 4. The fourth-order valence-electron chi connectivity index (χ4n) is 3.71. The third kappa shape index (κ3) is 10.7. The van der Waals surface area contributed by atoms with Crippen LogP contribution in [0.2, 0.25) is 0 Å². The van der Waals surface area contributed by atoms with Gasteiger partial charge >= 0.3 is 5.97 Å². The zero-order valence-corrected chi connectivity index (χ0v) is 22.2. The Labute approximate surface area is 208 Å². The Bertz CT molecular complexity index is 792. The molecule has 2 saturated heterocycles. The second kappa shape index (κ2) is 13.5. The van der Waals surface area contributed by atoms with Crippen LogP contribution in [-0.4, -0.2) is 92.1 Å². The minimum Gasteiger partial charge on any atom is -0.467 e. The monoisotopic (exact) mass is 495 g/mol. The van der Waals surface area contributed by atoms with Gasteiger partial charge in [0.05, 0.1) is 46.0 Å². The molecule has 0 radical (unpaired) electrons. The Morgan fingerprint density at radius 2 is 1.29 bits per heavy atom. The van der Waals surface area contributed by atoms with Crippen molar-refractivity contribution in [2.45, 2.75) is 72.9 Å². The minimum atomic E-state index is -0.594. The van der Waals surface area contributed by atoms with Crippen LogP contribution in [0.1, 0.15) is 60.8 Å². The highest BCUT2D eigenvalue weighted by atomic mass is 16.5. The number of morpholine rings is 2. The summed E-state index contributed by atoms with van der Waals surface area (Å²) < 4.78 is 15.1. The lowest BCUT2D eigenvalue weighted by molar-refractivity contribution is -0.161. The van der Waals surface area contributed by atoms with Gasteiger partial charge in [-0.2, -0.15) is 5.26 Å². The number of hydrogen-bond acceptors (Lipinski definition) is 8. The highest BCUT2D eigenvalue weighted by Crippen LogP contribution is 2.23. The van der Waals surface area contributed by atoms with Crippen LogP contribution in [0.3, 0.4) is 0 Å². The standard InChI is InChI=1S/C13H20N2O3.C12H21NO4/c1-13(2,3)8-12(17)15-6-7-18-9-10(15)11(16)4-5-14;1-12(2,3)7-10(14)13-5-6-17-8-9(13)11(15)16-4/h10H,4,6-9H2,1-3H3;9H,5-8H2,1-4H3/t10-;9-/m00/s1. The van der Waals surface area contributed by atoms with E-state index >= 15 is 0 Å². The number of ketones is 1. The van der Waals surface area contributed by atoms with E-state index in [1.54, 1.807) is 9.80 Å². The number of nitriles is 1. The molecule has 0 aromatic heterocycles. The molecule has 0 spiro atoms. The predicted molar refractivity (Wildman–Crippen MR) is 128 cm³/mol. The van der Waals surface area contributed by atoms with Gasteiger partial charge in [0.2, 0.25) is 11.8 Å². The smallest absolute Gasteiger partial charge is 0.331 e. The molecule has 2 aliphatic heterocycles. The van der Waals surface area contributed by atoms with Crippen molar-refractivity contribution in [2.75, 3.05) is 46.6 Å². The highest BCUT2D eigenvalue weighted by molar-refractivity contribution is 5.90. The molecule has 0 saturated carbocycles. The first-order valence-corrected chi connectivity index (χ1v) is 11.9. The molecule has 10 nitrogen and oxygen atoms in total. The van der Waals surface area contributed by atoms with Crippen LogP contribution >= 0.6 is 0 Å². The number of Topliss-reactive ketones (excluding diaryl/α,β-unsaturated/α-hetero) is 1. The zero-order chi connectivity index (χ0) is 26.8. The summed E-state index contributed by atoms with van der Waals surface area (Å²) in [6.07, 6.45) is 0.636. The van der Waals surface area contributed by atoms with E-state index in [2.05, 4.69) is 4.74 Å². The maximum Gasteiger partial charge on any atom is 0.331 e. The fourth-order valence-corrected chi connectivity index (χ4v) is 3.71. The van der Waals surface area contributed by atoms with Gasteiger partial charge in [0.15, 0.2) is 11.8 Å². The van der Waals surface area contributed by atoms with Crippen molar-refractivity contribution in [1.29, 1.82) is 5.26 Å². The average Bonchev–Trinajstić information content (AvgIpc) is 2.77. The molecule has 2 atom stereocenters. The summed E-state index contributed by atoms with van der Waals surface area (Å²) in [5.74, 6) is -0.704. The Hall–Kier alpha value is -2.51. The molecule has 2 fully saturated rings. The maximum atomic E-state index is 12.2. The Balaban J connectivity index is 0.000000351. The molecule has 198 valence electrons. The van der Waals surface area contributed by atoms with Crippen molar-refractivity contribution in [3.05, 3.63) is 0 Å². The summed E-state index contributed by atoms with van der Waals surface area (Å²) in [6, 6.07) is 0.646. The SMILES string of the molecule is CC(C)(C)CC(=O)N1CCOC[C@H]1C(=O)CC#N.COC(=O)[C@@H]1COCCN1C(=O)CC(C)(C)C.